The second-order valence-corrected chi connectivity index (χ2v) is 7.44. The predicted molar refractivity (Wildman–Crippen MR) is 116 cm³/mol. The van der Waals surface area contributed by atoms with Gasteiger partial charge in [-0.3, -0.25) is 14.3 Å². The number of nitrogens with zero attached hydrogens (tertiary/aromatic N) is 3. The summed E-state index contributed by atoms with van der Waals surface area (Å²) in [6.45, 7) is 0. The molecule has 1 fully saturated rings. The van der Waals surface area contributed by atoms with E-state index in [1.807, 2.05) is 25.2 Å². The molecule has 3 rings (SSSR count). The molecule has 1 saturated carbocycles. The third kappa shape index (κ3) is 5.58. The molecule has 1 aromatic carbocycles. The number of aromatic nitrogens is 2. The maximum atomic E-state index is 12.7. The van der Waals surface area contributed by atoms with Crippen LogP contribution >= 0.6 is 12.4 Å². The average Bonchev–Trinajstić information content (AvgIpc) is 3.14. The van der Waals surface area contributed by atoms with Gasteiger partial charge in [0.1, 0.15) is 6.04 Å². The van der Waals surface area contributed by atoms with Gasteiger partial charge in [-0.05, 0) is 44.2 Å². The second kappa shape index (κ2) is 10.4. The molecular formula is C21H30ClN5O2. The highest BCUT2D eigenvalue weighted by atomic mass is 35.5. The molecule has 1 aromatic heterocycles. The topological polar surface area (TPSA) is 79.3 Å². The second-order valence-electron chi connectivity index (χ2n) is 7.44. The molecule has 1 heterocycles. The van der Waals surface area contributed by atoms with E-state index in [0.29, 0.717) is 17.3 Å². The van der Waals surface area contributed by atoms with Gasteiger partial charge >= 0.3 is 0 Å². The van der Waals surface area contributed by atoms with Crippen LogP contribution in [-0.2, 0) is 11.8 Å². The minimum atomic E-state index is -0.493. The van der Waals surface area contributed by atoms with Gasteiger partial charge in [-0.15, -0.1) is 12.4 Å². The Balaban J connectivity index is 0.00000300. The number of hydrogen-bond donors (Lipinski definition) is 2. The van der Waals surface area contributed by atoms with Crippen LogP contribution in [-0.4, -0.2) is 46.6 Å². The highest BCUT2D eigenvalue weighted by Crippen LogP contribution is 2.23. The maximum absolute atomic E-state index is 12.7. The molecule has 2 aromatic rings. The summed E-state index contributed by atoms with van der Waals surface area (Å²) >= 11 is 0. The van der Waals surface area contributed by atoms with Gasteiger partial charge in [0.25, 0.3) is 5.91 Å². The first-order valence-electron chi connectivity index (χ1n) is 9.83. The summed E-state index contributed by atoms with van der Waals surface area (Å²) < 4.78 is 1.66. The van der Waals surface area contributed by atoms with Gasteiger partial charge in [-0.1, -0.05) is 19.3 Å². The number of benzene rings is 1. The number of carbonyl (C=O) groups excluding carboxylic acids is 2. The molecule has 2 amide bonds. The predicted octanol–water partition coefficient (Wildman–Crippen LogP) is 3.15. The fraction of sp³-hybridized carbons (Fsp3) is 0.476. The van der Waals surface area contributed by atoms with E-state index in [0.717, 1.165) is 18.4 Å². The summed E-state index contributed by atoms with van der Waals surface area (Å²) in [6, 6.07) is 6.93. The Labute approximate surface area is 178 Å². The van der Waals surface area contributed by atoms with Crippen molar-refractivity contribution < 1.29 is 9.59 Å². The number of halogens is 1. The molecule has 8 heteroatoms. The van der Waals surface area contributed by atoms with E-state index >= 15 is 0 Å². The molecule has 1 aliphatic rings. The summed E-state index contributed by atoms with van der Waals surface area (Å²) in [5.41, 5.74) is 2.10. The Hall–Kier alpha value is -2.38. The molecule has 158 valence electrons. The Morgan fingerprint density at radius 1 is 1.17 bits per heavy atom. The number of nitrogens with one attached hydrogen (secondary N) is 2. The molecule has 0 spiro atoms. The lowest BCUT2D eigenvalue weighted by Gasteiger charge is -2.31. The summed E-state index contributed by atoms with van der Waals surface area (Å²) in [4.78, 5) is 27.2. The number of aryl methyl sites for hydroxylation is 1. The van der Waals surface area contributed by atoms with Gasteiger partial charge in [0.2, 0.25) is 5.91 Å². The van der Waals surface area contributed by atoms with Crippen molar-refractivity contribution in [2.24, 2.45) is 7.05 Å². The van der Waals surface area contributed by atoms with Crippen molar-refractivity contribution in [2.45, 2.75) is 44.2 Å². The highest BCUT2D eigenvalue weighted by Gasteiger charge is 2.23. The van der Waals surface area contributed by atoms with Gasteiger partial charge < -0.3 is 15.5 Å². The van der Waals surface area contributed by atoms with Crippen LogP contribution in [0.25, 0.3) is 0 Å². The molecule has 1 atom stereocenters. The molecule has 0 radical (unpaired) electrons. The number of anilines is 1. The molecule has 0 saturated heterocycles. The monoisotopic (exact) mass is 419 g/mol. The van der Waals surface area contributed by atoms with Crippen molar-refractivity contribution in [3.05, 3.63) is 47.8 Å². The zero-order valence-electron chi connectivity index (χ0n) is 17.2. The molecular weight excluding hydrogens is 390 g/mol. The van der Waals surface area contributed by atoms with E-state index in [1.165, 1.54) is 19.3 Å². The molecule has 1 unspecified atom stereocenters. The van der Waals surface area contributed by atoms with Gasteiger partial charge in [0, 0.05) is 43.1 Å². The minimum absolute atomic E-state index is 0. The molecule has 7 nitrogen and oxygen atoms in total. The lowest BCUT2D eigenvalue weighted by molar-refractivity contribution is -0.118. The molecule has 0 aliphatic heterocycles. The van der Waals surface area contributed by atoms with E-state index in [2.05, 4.69) is 15.7 Å². The van der Waals surface area contributed by atoms with Crippen LogP contribution in [0, 0.1) is 0 Å². The van der Waals surface area contributed by atoms with Gasteiger partial charge in [0.15, 0.2) is 0 Å². The van der Waals surface area contributed by atoms with Crippen LogP contribution in [0.1, 0.15) is 54.1 Å². The molecule has 2 N–H and O–H groups in total. The van der Waals surface area contributed by atoms with Crippen molar-refractivity contribution in [1.29, 1.82) is 0 Å². The van der Waals surface area contributed by atoms with Crippen molar-refractivity contribution in [2.75, 3.05) is 19.4 Å². The van der Waals surface area contributed by atoms with Crippen molar-refractivity contribution >= 4 is 29.9 Å². The van der Waals surface area contributed by atoms with Gasteiger partial charge in [-0.25, -0.2) is 0 Å². The Morgan fingerprint density at radius 2 is 1.83 bits per heavy atom. The lowest BCUT2D eigenvalue weighted by Crippen LogP contribution is -2.38. The van der Waals surface area contributed by atoms with Gasteiger partial charge in [-0.2, -0.15) is 5.10 Å². The van der Waals surface area contributed by atoms with E-state index in [4.69, 9.17) is 0 Å². The zero-order valence-corrected chi connectivity index (χ0v) is 18.0. The van der Waals surface area contributed by atoms with Crippen molar-refractivity contribution in [1.82, 2.24) is 20.0 Å². The number of carbonyl (C=O) groups is 2. The normalized spacial score (nSPS) is 15.3. The van der Waals surface area contributed by atoms with E-state index in [1.54, 1.807) is 42.2 Å². The smallest absolute Gasteiger partial charge is 0.253 e. The van der Waals surface area contributed by atoms with E-state index in [-0.39, 0.29) is 24.2 Å². The molecule has 1 aliphatic carbocycles. The number of likely N-dealkylation sites (N-methyl/N-ethyl adjacent to an activating group) is 1. The fourth-order valence-electron chi connectivity index (χ4n) is 3.79. The summed E-state index contributed by atoms with van der Waals surface area (Å²) in [7, 11) is 5.44. The van der Waals surface area contributed by atoms with Crippen molar-refractivity contribution in [3.8, 4) is 0 Å². The van der Waals surface area contributed by atoms with Crippen LogP contribution in [0.5, 0.6) is 0 Å². The van der Waals surface area contributed by atoms with Gasteiger partial charge in [0.05, 0.1) is 6.20 Å². The van der Waals surface area contributed by atoms with Crippen LogP contribution in [0.4, 0.5) is 5.69 Å². The fourth-order valence-corrected chi connectivity index (χ4v) is 3.79. The standard InChI is InChI=1S/C21H29N5O2.ClH/c1-22-19(16-13-23-25(2)14-16)20(27)24-17-11-9-15(10-12-17)21(28)26(3)18-7-5-4-6-8-18;/h9-14,18-19,22H,4-8H2,1-3H3,(H,24,27);1H. The zero-order chi connectivity index (χ0) is 20.1. The first-order valence-corrected chi connectivity index (χ1v) is 9.83. The van der Waals surface area contributed by atoms with Crippen molar-refractivity contribution in [3.63, 3.8) is 0 Å². The summed E-state index contributed by atoms with van der Waals surface area (Å²) in [5, 5.41) is 10.0. The summed E-state index contributed by atoms with van der Waals surface area (Å²) in [6.07, 6.45) is 9.28. The first kappa shape index (κ1) is 22.9. The Bertz CT molecular complexity index is 815. The largest absolute Gasteiger partial charge is 0.339 e. The number of amides is 2. The third-order valence-electron chi connectivity index (χ3n) is 5.45. The van der Waals surface area contributed by atoms with Crippen LogP contribution in [0.2, 0.25) is 0 Å². The van der Waals surface area contributed by atoms with E-state index < -0.39 is 6.04 Å². The van der Waals surface area contributed by atoms with Crippen LogP contribution in [0.15, 0.2) is 36.7 Å². The number of rotatable bonds is 6. The number of hydrogen-bond acceptors (Lipinski definition) is 4. The third-order valence-corrected chi connectivity index (χ3v) is 5.45. The SMILES string of the molecule is CNC(C(=O)Nc1ccc(C(=O)N(C)C2CCCCC2)cc1)c1cnn(C)c1.Cl. The highest BCUT2D eigenvalue weighted by molar-refractivity contribution is 5.97. The minimum Gasteiger partial charge on any atom is -0.339 e. The lowest BCUT2D eigenvalue weighted by atomic mass is 9.94. The van der Waals surface area contributed by atoms with Crippen LogP contribution < -0.4 is 10.6 Å². The molecule has 0 bridgehead atoms. The van der Waals surface area contributed by atoms with Crippen LogP contribution in [0.3, 0.4) is 0 Å². The first-order chi connectivity index (χ1) is 13.5. The molecule has 29 heavy (non-hydrogen) atoms. The Morgan fingerprint density at radius 3 is 2.38 bits per heavy atom. The maximum Gasteiger partial charge on any atom is 0.253 e. The summed E-state index contributed by atoms with van der Waals surface area (Å²) in [5.74, 6) is -0.137. The quantitative estimate of drug-likeness (QED) is 0.753. The Kier molecular flexibility index (Phi) is 8.22. The average molecular weight is 420 g/mol. The van der Waals surface area contributed by atoms with E-state index in [9.17, 15) is 9.59 Å².